The van der Waals surface area contributed by atoms with Crippen molar-refractivity contribution in [1.82, 2.24) is 9.88 Å². The number of nitrogens with zero attached hydrogens (tertiary/aromatic N) is 2. The Morgan fingerprint density at radius 3 is 1.95 bits per heavy atom. The van der Waals surface area contributed by atoms with E-state index in [0.717, 1.165) is 31.1 Å². The Kier molecular flexibility index (Phi) is 16.9. The zero-order valence-corrected chi connectivity index (χ0v) is 22.0. The normalized spacial score (nSPS) is 12.9. The largest absolute Gasteiger partial charge is 0.494 e. The van der Waals surface area contributed by atoms with Crippen molar-refractivity contribution < 1.29 is 44.3 Å². The average Bonchev–Trinajstić information content (AvgIpc) is 2.93. The SMILES string of the molecule is O=C(O)/C=C\C(=O)O.O=C(O)/C=C\C(=O)O.c1ccc(NCCCOc2cccc(CN3CCCCC3)c2)nc1. The molecule has 0 saturated carbocycles. The highest BCUT2D eigenvalue weighted by Gasteiger charge is 2.10. The van der Waals surface area contributed by atoms with E-state index < -0.39 is 23.9 Å². The first-order valence-corrected chi connectivity index (χ1v) is 12.5. The van der Waals surface area contributed by atoms with E-state index in [2.05, 4.69) is 33.4 Å². The molecule has 1 aromatic heterocycles. The lowest BCUT2D eigenvalue weighted by Gasteiger charge is -2.26. The highest BCUT2D eigenvalue weighted by atomic mass is 16.5. The molecule has 1 fully saturated rings. The van der Waals surface area contributed by atoms with E-state index in [9.17, 15) is 19.2 Å². The first kappa shape index (κ1) is 33.3. The number of anilines is 1. The molecule has 0 atom stereocenters. The van der Waals surface area contributed by atoms with E-state index in [-0.39, 0.29) is 0 Å². The number of carbonyl (C=O) groups is 4. The average molecular weight is 558 g/mol. The first-order valence-electron chi connectivity index (χ1n) is 12.5. The van der Waals surface area contributed by atoms with Gasteiger partial charge in [0, 0.05) is 43.6 Å². The number of hydrogen-bond donors (Lipinski definition) is 5. The van der Waals surface area contributed by atoms with Crippen LogP contribution in [-0.4, -0.2) is 80.4 Å². The second-order valence-electron chi connectivity index (χ2n) is 8.35. The van der Waals surface area contributed by atoms with Gasteiger partial charge in [-0.15, -0.1) is 0 Å². The summed E-state index contributed by atoms with van der Waals surface area (Å²) in [6.45, 7) is 5.07. The van der Waals surface area contributed by atoms with Crippen LogP contribution in [0.3, 0.4) is 0 Å². The molecule has 5 N–H and O–H groups in total. The molecule has 0 spiro atoms. The van der Waals surface area contributed by atoms with Crippen LogP contribution < -0.4 is 10.1 Å². The number of likely N-dealkylation sites (tertiary alicyclic amines) is 1. The number of rotatable bonds is 12. The summed E-state index contributed by atoms with van der Waals surface area (Å²) in [6, 6.07) is 14.4. The third-order valence-corrected chi connectivity index (χ3v) is 5.05. The van der Waals surface area contributed by atoms with Gasteiger partial charge in [0.05, 0.1) is 6.61 Å². The van der Waals surface area contributed by atoms with E-state index in [0.29, 0.717) is 30.9 Å². The zero-order chi connectivity index (χ0) is 29.6. The Morgan fingerprint density at radius 1 is 0.825 bits per heavy atom. The van der Waals surface area contributed by atoms with Crippen molar-refractivity contribution in [3.63, 3.8) is 0 Å². The van der Waals surface area contributed by atoms with E-state index in [1.807, 2.05) is 24.3 Å². The van der Waals surface area contributed by atoms with Crippen molar-refractivity contribution in [3.8, 4) is 5.75 Å². The Hall–Kier alpha value is -4.71. The van der Waals surface area contributed by atoms with Crippen LogP contribution in [-0.2, 0) is 25.7 Å². The molecular weight excluding hydrogens is 522 g/mol. The van der Waals surface area contributed by atoms with Crippen LogP contribution in [0, 0.1) is 0 Å². The van der Waals surface area contributed by atoms with Gasteiger partial charge in [-0.2, -0.15) is 0 Å². The predicted molar refractivity (Wildman–Crippen MR) is 147 cm³/mol. The standard InChI is InChI=1S/C20H27N3O.2C4H4O4/c1-4-13-23(14-5-1)17-18-8-6-9-19(16-18)24-15-7-12-22-20-10-2-3-11-21-20;2*5-3(6)1-2-4(7)8/h2-3,6,8-11,16H,1,4-5,7,12-15,17H2,(H,21,22);2*1-2H,(H,5,6)(H,7,8)/b;2*2-1-. The van der Waals surface area contributed by atoms with Crippen LogP contribution in [0.25, 0.3) is 0 Å². The summed E-state index contributed by atoms with van der Waals surface area (Å²) in [6.07, 6.45) is 9.03. The molecule has 0 bridgehead atoms. The van der Waals surface area contributed by atoms with E-state index in [1.165, 1.54) is 37.9 Å². The molecular formula is C28H35N3O9. The van der Waals surface area contributed by atoms with Gasteiger partial charge in [-0.25, -0.2) is 24.2 Å². The van der Waals surface area contributed by atoms with Gasteiger partial charge in [0.1, 0.15) is 11.6 Å². The number of nitrogens with one attached hydrogen (secondary N) is 1. The summed E-state index contributed by atoms with van der Waals surface area (Å²) in [7, 11) is 0. The maximum absolute atomic E-state index is 9.55. The lowest BCUT2D eigenvalue weighted by molar-refractivity contribution is -0.134. The minimum absolute atomic E-state index is 0.558. The number of hydrogen-bond acceptors (Lipinski definition) is 8. The molecule has 0 unspecified atom stereocenters. The summed E-state index contributed by atoms with van der Waals surface area (Å²) in [5.74, 6) is -3.14. The number of piperidine rings is 1. The minimum Gasteiger partial charge on any atom is -0.494 e. The molecule has 1 aliphatic heterocycles. The number of carboxylic acid groups (broad SMARTS) is 4. The van der Waals surface area contributed by atoms with Crippen LogP contribution in [0.5, 0.6) is 5.75 Å². The Morgan fingerprint density at radius 2 is 1.43 bits per heavy atom. The quantitative estimate of drug-likeness (QED) is 0.189. The third kappa shape index (κ3) is 18.5. The van der Waals surface area contributed by atoms with Gasteiger partial charge in [-0.3, -0.25) is 4.90 Å². The van der Waals surface area contributed by atoms with Gasteiger partial charge in [-0.05, 0) is 62.2 Å². The molecule has 0 radical (unpaired) electrons. The van der Waals surface area contributed by atoms with Gasteiger partial charge in [0.2, 0.25) is 0 Å². The van der Waals surface area contributed by atoms with Crippen molar-refractivity contribution in [2.75, 3.05) is 31.6 Å². The topological polar surface area (TPSA) is 187 Å². The minimum atomic E-state index is -1.26. The monoisotopic (exact) mass is 557 g/mol. The molecule has 0 aliphatic carbocycles. The van der Waals surface area contributed by atoms with E-state index in [1.54, 1.807) is 6.20 Å². The van der Waals surface area contributed by atoms with Crippen LogP contribution >= 0.6 is 0 Å². The Labute approximate surface area is 232 Å². The van der Waals surface area contributed by atoms with Crippen molar-refractivity contribution in [1.29, 1.82) is 0 Å². The summed E-state index contributed by atoms with van der Waals surface area (Å²) in [4.78, 5) is 45.0. The molecule has 12 nitrogen and oxygen atoms in total. The number of benzene rings is 1. The number of ether oxygens (including phenoxy) is 1. The molecule has 1 aromatic carbocycles. The lowest BCUT2D eigenvalue weighted by Crippen LogP contribution is -2.29. The molecule has 1 aliphatic rings. The molecule has 3 rings (SSSR count). The summed E-state index contributed by atoms with van der Waals surface area (Å²) in [5, 5.41) is 34.5. The zero-order valence-electron chi connectivity index (χ0n) is 22.0. The maximum atomic E-state index is 9.55. The number of pyridine rings is 1. The maximum Gasteiger partial charge on any atom is 0.328 e. The summed E-state index contributed by atoms with van der Waals surface area (Å²) in [5.41, 5.74) is 1.35. The van der Waals surface area contributed by atoms with Crippen molar-refractivity contribution in [2.45, 2.75) is 32.2 Å². The third-order valence-electron chi connectivity index (χ3n) is 5.05. The molecule has 12 heteroatoms. The van der Waals surface area contributed by atoms with Crippen LogP contribution in [0.2, 0.25) is 0 Å². The van der Waals surface area contributed by atoms with E-state index in [4.69, 9.17) is 25.2 Å². The smallest absolute Gasteiger partial charge is 0.328 e. The Bertz CT molecular complexity index is 1050. The highest BCUT2D eigenvalue weighted by Crippen LogP contribution is 2.17. The predicted octanol–water partition coefficient (Wildman–Crippen LogP) is 3.37. The van der Waals surface area contributed by atoms with Gasteiger partial charge in [0.15, 0.2) is 0 Å². The molecule has 216 valence electrons. The fourth-order valence-electron chi connectivity index (χ4n) is 3.34. The molecule has 2 heterocycles. The first-order chi connectivity index (χ1) is 19.2. The van der Waals surface area contributed by atoms with Gasteiger partial charge < -0.3 is 30.5 Å². The van der Waals surface area contributed by atoms with Gasteiger partial charge >= 0.3 is 23.9 Å². The summed E-state index contributed by atoms with van der Waals surface area (Å²) < 4.78 is 5.89. The van der Waals surface area contributed by atoms with Gasteiger partial charge in [0.25, 0.3) is 0 Å². The highest BCUT2D eigenvalue weighted by molar-refractivity contribution is 5.90. The van der Waals surface area contributed by atoms with Gasteiger partial charge in [-0.1, -0.05) is 24.6 Å². The van der Waals surface area contributed by atoms with Crippen LogP contribution in [0.1, 0.15) is 31.2 Å². The molecule has 1 saturated heterocycles. The molecule has 40 heavy (non-hydrogen) atoms. The fourth-order valence-corrected chi connectivity index (χ4v) is 3.34. The number of aliphatic carboxylic acids is 4. The molecule has 2 aromatic rings. The fraction of sp³-hybridized carbons (Fsp3) is 0.321. The summed E-state index contributed by atoms with van der Waals surface area (Å²) >= 11 is 0. The van der Waals surface area contributed by atoms with Crippen LogP contribution in [0.15, 0.2) is 73.0 Å². The lowest BCUT2D eigenvalue weighted by atomic mass is 10.1. The number of carboxylic acids is 4. The second kappa shape index (κ2) is 20.3. The van der Waals surface area contributed by atoms with Crippen molar-refractivity contribution in [2.24, 2.45) is 0 Å². The van der Waals surface area contributed by atoms with Crippen LogP contribution in [0.4, 0.5) is 5.82 Å². The van der Waals surface area contributed by atoms with Crippen molar-refractivity contribution in [3.05, 3.63) is 78.5 Å². The second-order valence-corrected chi connectivity index (χ2v) is 8.35. The van der Waals surface area contributed by atoms with E-state index >= 15 is 0 Å². The number of aromatic nitrogens is 1. The van der Waals surface area contributed by atoms with Crippen molar-refractivity contribution >= 4 is 29.7 Å². The Balaban J connectivity index is 0.000000412. The molecule has 0 amide bonds.